The summed E-state index contributed by atoms with van der Waals surface area (Å²) in [6, 6.07) is 9.87. The van der Waals surface area contributed by atoms with Gasteiger partial charge in [0.25, 0.3) is 11.8 Å². The molecular weight excluding hydrogens is 435 g/mol. The number of hydrogen-bond donors (Lipinski definition) is 0. The number of ether oxygens (including phenoxy) is 3. The summed E-state index contributed by atoms with van der Waals surface area (Å²) >= 11 is 0. The Bertz CT molecular complexity index is 1050. The zero-order chi connectivity index (χ0) is 24.1. The van der Waals surface area contributed by atoms with Gasteiger partial charge in [-0.05, 0) is 36.4 Å². The molecule has 33 heavy (non-hydrogen) atoms. The lowest BCUT2D eigenvalue weighted by Gasteiger charge is -2.30. The molecule has 0 spiro atoms. The van der Waals surface area contributed by atoms with Crippen LogP contribution < -0.4 is 4.90 Å². The maximum absolute atomic E-state index is 14.3. The van der Waals surface area contributed by atoms with E-state index in [1.807, 2.05) is 0 Å². The summed E-state index contributed by atoms with van der Waals surface area (Å²) in [6.45, 7) is -0.209. The van der Waals surface area contributed by atoms with Gasteiger partial charge in [-0.3, -0.25) is 14.4 Å². The first-order chi connectivity index (χ1) is 15.8. The fourth-order valence-corrected chi connectivity index (χ4v) is 3.54. The van der Waals surface area contributed by atoms with Crippen molar-refractivity contribution in [1.82, 2.24) is 4.90 Å². The highest BCUT2D eigenvalue weighted by Crippen LogP contribution is 2.28. The van der Waals surface area contributed by atoms with Gasteiger partial charge in [0.2, 0.25) is 5.91 Å². The third-order valence-corrected chi connectivity index (χ3v) is 5.28. The number of esters is 1. The van der Waals surface area contributed by atoms with Gasteiger partial charge < -0.3 is 19.1 Å². The van der Waals surface area contributed by atoms with E-state index in [4.69, 9.17) is 9.47 Å². The fourth-order valence-electron chi connectivity index (χ4n) is 3.54. The summed E-state index contributed by atoms with van der Waals surface area (Å²) in [4.78, 5) is 52.9. The number of benzene rings is 2. The van der Waals surface area contributed by atoms with E-state index < -0.39 is 41.8 Å². The second-order valence-electron chi connectivity index (χ2n) is 7.16. The van der Waals surface area contributed by atoms with Crippen molar-refractivity contribution in [3.05, 3.63) is 65.5 Å². The van der Waals surface area contributed by atoms with Crippen LogP contribution in [0.25, 0.3) is 0 Å². The highest BCUT2D eigenvalue weighted by molar-refractivity contribution is 6.23. The third kappa shape index (κ3) is 4.91. The molecule has 2 aromatic carbocycles. The van der Waals surface area contributed by atoms with Crippen molar-refractivity contribution < 1.29 is 37.8 Å². The molecule has 1 atom stereocenters. The largest absolute Gasteiger partial charge is 0.465 e. The Balaban J connectivity index is 1.93. The lowest BCUT2D eigenvalue weighted by atomic mass is 10.1. The minimum absolute atomic E-state index is 0.209. The van der Waals surface area contributed by atoms with Crippen molar-refractivity contribution in [3.8, 4) is 0 Å². The minimum atomic E-state index is -1.20. The Morgan fingerprint density at radius 3 is 2.27 bits per heavy atom. The zero-order valence-corrected chi connectivity index (χ0v) is 18.3. The topological polar surface area (TPSA) is 102 Å². The Hall–Kier alpha value is -3.63. The van der Waals surface area contributed by atoms with Gasteiger partial charge in [-0.1, -0.05) is 12.1 Å². The van der Waals surface area contributed by atoms with Gasteiger partial charge >= 0.3 is 5.97 Å². The molecule has 1 unspecified atom stereocenters. The Labute approximate surface area is 189 Å². The summed E-state index contributed by atoms with van der Waals surface area (Å²) in [5, 5.41) is 0. The van der Waals surface area contributed by atoms with Crippen LogP contribution in [0.5, 0.6) is 0 Å². The molecule has 1 heterocycles. The first-order valence-corrected chi connectivity index (χ1v) is 9.98. The van der Waals surface area contributed by atoms with Crippen LogP contribution in [0.3, 0.4) is 0 Å². The molecule has 1 aliphatic rings. The smallest absolute Gasteiger partial charge is 0.337 e. The number of rotatable bonds is 8. The van der Waals surface area contributed by atoms with Gasteiger partial charge in [0.05, 0.1) is 36.9 Å². The summed E-state index contributed by atoms with van der Waals surface area (Å²) < 4.78 is 29.3. The van der Waals surface area contributed by atoms with Crippen molar-refractivity contribution in [2.24, 2.45) is 0 Å². The van der Waals surface area contributed by atoms with E-state index in [1.54, 1.807) is 0 Å². The minimum Gasteiger partial charge on any atom is -0.465 e. The molecule has 0 radical (unpaired) electrons. The number of hydrogen-bond acceptors (Lipinski definition) is 7. The van der Waals surface area contributed by atoms with Crippen LogP contribution in [0.4, 0.5) is 10.1 Å². The number of halogens is 1. The van der Waals surface area contributed by atoms with E-state index in [9.17, 15) is 23.6 Å². The third-order valence-electron chi connectivity index (χ3n) is 5.28. The van der Waals surface area contributed by atoms with Crippen LogP contribution in [0.2, 0.25) is 0 Å². The number of carbonyl (C=O) groups excluding carboxylic acids is 4. The van der Waals surface area contributed by atoms with Crippen molar-refractivity contribution in [3.63, 3.8) is 0 Å². The van der Waals surface area contributed by atoms with Crippen LogP contribution in [0.15, 0.2) is 48.5 Å². The van der Waals surface area contributed by atoms with Gasteiger partial charge in [-0.25, -0.2) is 14.1 Å². The van der Waals surface area contributed by atoms with E-state index in [0.29, 0.717) is 0 Å². The summed E-state index contributed by atoms with van der Waals surface area (Å²) in [7, 11) is 3.95. The van der Waals surface area contributed by atoms with E-state index in [-0.39, 0.29) is 29.8 Å². The van der Waals surface area contributed by atoms with E-state index in [1.165, 1.54) is 63.8 Å². The fraction of sp³-hybridized carbons (Fsp3) is 0.304. The highest BCUT2D eigenvalue weighted by atomic mass is 19.1. The molecule has 1 saturated heterocycles. The van der Waals surface area contributed by atoms with Crippen LogP contribution in [-0.2, 0) is 23.8 Å². The lowest BCUT2D eigenvalue weighted by Crippen LogP contribution is -2.49. The number of nitrogens with zero attached hydrogens (tertiary/aromatic N) is 2. The normalized spacial score (nSPS) is 15.8. The molecular formula is C23H23FN2O7. The molecule has 0 bridgehead atoms. The molecule has 2 aromatic rings. The van der Waals surface area contributed by atoms with Crippen molar-refractivity contribution in [1.29, 1.82) is 0 Å². The standard InChI is InChI=1S/C23H23FN2O7/c1-31-20(32-2)13-25(21(28)16-6-4-5-7-17(16)24)18-12-19(27)26(22(18)29)15-10-8-14(9-11-15)23(30)33-3/h4-11,18,20H,12-13H2,1-3H3. The van der Waals surface area contributed by atoms with Crippen molar-refractivity contribution >= 4 is 29.4 Å². The lowest BCUT2D eigenvalue weighted by molar-refractivity contribution is -0.128. The van der Waals surface area contributed by atoms with E-state index in [0.717, 1.165) is 15.9 Å². The van der Waals surface area contributed by atoms with Gasteiger partial charge in [0.1, 0.15) is 11.9 Å². The Morgan fingerprint density at radius 1 is 1.06 bits per heavy atom. The molecule has 0 saturated carbocycles. The second-order valence-corrected chi connectivity index (χ2v) is 7.16. The van der Waals surface area contributed by atoms with Gasteiger partial charge in [0, 0.05) is 14.2 Å². The SMILES string of the molecule is COC(=O)c1ccc(N2C(=O)CC(N(CC(OC)OC)C(=O)c3ccccc3F)C2=O)cc1. The quantitative estimate of drug-likeness (QED) is 0.339. The van der Waals surface area contributed by atoms with Crippen molar-refractivity contribution in [2.45, 2.75) is 18.8 Å². The molecule has 3 amide bonds. The number of methoxy groups -OCH3 is 3. The number of imide groups is 1. The van der Waals surface area contributed by atoms with Crippen molar-refractivity contribution in [2.75, 3.05) is 32.8 Å². The Kier molecular flexibility index (Phi) is 7.52. The maximum Gasteiger partial charge on any atom is 0.337 e. The van der Waals surface area contributed by atoms with Gasteiger partial charge in [-0.15, -0.1) is 0 Å². The first-order valence-electron chi connectivity index (χ1n) is 9.98. The summed E-state index contributed by atoms with van der Waals surface area (Å²) in [5.41, 5.74) is 0.231. The average molecular weight is 458 g/mol. The molecule has 0 N–H and O–H groups in total. The molecule has 0 aromatic heterocycles. The predicted molar refractivity (Wildman–Crippen MR) is 114 cm³/mol. The van der Waals surface area contributed by atoms with Crippen LogP contribution in [0, 0.1) is 5.82 Å². The monoisotopic (exact) mass is 458 g/mol. The van der Waals surface area contributed by atoms with E-state index in [2.05, 4.69) is 4.74 Å². The molecule has 1 fully saturated rings. The number of anilines is 1. The maximum atomic E-state index is 14.3. The average Bonchev–Trinajstić information content (AvgIpc) is 3.12. The second kappa shape index (κ2) is 10.3. The Morgan fingerprint density at radius 2 is 1.70 bits per heavy atom. The van der Waals surface area contributed by atoms with Gasteiger partial charge in [-0.2, -0.15) is 0 Å². The molecule has 3 rings (SSSR count). The number of amides is 3. The molecule has 0 aliphatic carbocycles. The highest BCUT2D eigenvalue weighted by Gasteiger charge is 2.45. The van der Waals surface area contributed by atoms with Crippen LogP contribution in [-0.4, -0.2) is 68.8 Å². The molecule has 9 nitrogen and oxygen atoms in total. The summed E-state index contributed by atoms with van der Waals surface area (Å²) in [5.74, 6) is -3.31. The zero-order valence-electron chi connectivity index (χ0n) is 18.3. The number of carbonyl (C=O) groups is 4. The molecule has 1 aliphatic heterocycles. The van der Waals surface area contributed by atoms with Gasteiger partial charge in [0.15, 0.2) is 6.29 Å². The van der Waals surface area contributed by atoms with E-state index >= 15 is 0 Å². The predicted octanol–water partition coefficient (Wildman–Crippen LogP) is 2.01. The molecule has 174 valence electrons. The first kappa shape index (κ1) is 24.0. The summed E-state index contributed by atoms with van der Waals surface area (Å²) in [6.07, 6.45) is -1.21. The van der Waals surface area contributed by atoms with Crippen LogP contribution >= 0.6 is 0 Å². The van der Waals surface area contributed by atoms with Crippen LogP contribution in [0.1, 0.15) is 27.1 Å². The molecule has 10 heteroatoms.